The summed E-state index contributed by atoms with van der Waals surface area (Å²) in [5.74, 6) is -1.41. The Bertz CT molecular complexity index is 248. The third kappa shape index (κ3) is 3.68. The quantitative estimate of drug-likeness (QED) is 0.563. The molecule has 1 unspecified atom stereocenters. The van der Waals surface area contributed by atoms with Gasteiger partial charge < -0.3 is 11.5 Å². The number of rotatable bonds is 5. The SMILES string of the molecule is CC(CCN)S(=O)(=O)CC(N)=O. The van der Waals surface area contributed by atoms with E-state index in [9.17, 15) is 13.2 Å². The Hall–Kier alpha value is -0.620. The number of amides is 1. The standard InChI is InChI=1S/C6H14N2O3S/c1-5(2-3-7)12(10,11)4-6(8)9/h5H,2-4,7H2,1H3,(H2,8,9). The molecule has 1 atom stereocenters. The lowest BCUT2D eigenvalue weighted by atomic mass is 10.3. The lowest BCUT2D eigenvalue weighted by molar-refractivity contribution is -0.115. The summed E-state index contributed by atoms with van der Waals surface area (Å²) in [6.45, 7) is 1.81. The van der Waals surface area contributed by atoms with E-state index in [1.807, 2.05) is 0 Å². The zero-order chi connectivity index (χ0) is 9.78. The molecule has 0 aliphatic heterocycles. The lowest BCUT2D eigenvalue weighted by Gasteiger charge is -2.09. The molecule has 12 heavy (non-hydrogen) atoms. The third-order valence-electron chi connectivity index (χ3n) is 1.53. The molecule has 5 nitrogen and oxygen atoms in total. The number of primary amides is 1. The highest BCUT2D eigenvalue weighted by molar-refractivity contribution is 7.92. The van der Waals surface area contributed by atoms with Crippen LogP contribution >= 0.6 is 0 Å². The maximum atomic E-state index is 11.2. The van der Waals surface area contributed by atoms with Gasteiger partial charge in [0.25, 0.3) is 0 Å². The molecule has 6 heteroatoms. The van der Waals surface area contributed by atoms with E-state index >= 15 is 0 Å². The molecule has 0 radical (unpaired) electrons. The van der Waals surface area contributed by atoms with Crippen molar-refractivity contribution in [3.05, 3.63) is 0 Å². The van der Waals surface area contributed by atoms with Crippen molar-refractivity contribution in [2.75, 3.05) is 12.3 Å². The number of hydrogen-bond acceptors (Lipinski definition) is 4. The van der Waals surface area contributed by atoms with Crippen molar-refractivity contribution in [3.63, 3.8) is 0 Å². The Labute approximate surface area is 72.0 Å². The molecule has 4 N–H and O–H groups in total. The van der Waals surface area contributed by atoms with Crippen LogP contribution in [0.4, 0.5) is 0 Å². The molecule has 0 aromatic rings. The van der Waals surface area contributed by atoms with Crippen molar-refractivity contribution in [1.29, 1.82) is 0 Å². The summed E-state index contributed by atoms with van der Waals surface area (Å²) in [7, 11) is -3.38. The molecular weight excluding hydrogens is 180 g/mol. The van der Waals surface area contributed by atoms with Gasteiger partial charge in [0.1, 0.15) is 5.75 Å². The maximum absolute atomic E-state index is 11.2. The minimum absolute atomic E-state index is 0.291. The maximum Gasteiger partial charge on any atom is 0.232 e. The average Bonchev–Trinajstić information content (AvgIpc) is 1.85. The Balaban J connectivity index is 4.30. The average molecular weight is 194 g/mol. The Morgan fingerprint density at radius 2 is 2.00 bits per heavy atom. The van der Waals surface area contributed by atoms with Gasteiger partial charge in [0.05, 0.1) is 5.25 Å². The highest BCUT2D eigenvalue weighted by atomic mass is 32.2. The van der Waals surface area contributed by atoms with Crippen molar-refractivity contribution in [1.82, 2.24) is 0 Å². The van der Waals surface area contributed by atoms with Gasteiger partial charge in [-0.3, -0.25) is 4.79 Å². The van der Waals surface area contributed by atoms with Gasteiger partial charge in [-0.15, -0.1) is 0 Å². The van der Waals surface area contributed by atoms with Crippen molar-refractivity contribution in [2.24, 2.45) is 11.5 Å². The van der Waals surface area contributed by atoms with Crippen molar-refractivity contribution < 1.29 is 13.2 Å². The van der Waals surface area contributed by atoms with E-state index < -0.39 is 26.7 Å². The molecule has 0 aromatic carbocycles. The minimum atomic E-state index is -3.38. The Morgan fingerprint density at radius 1 is 1.50 bits per heavy atom. The highest BCUT2D eigenvalue weighted by Crippen LogP contribution is 2.04. The van der Waals surface area contributed by atoms with Gasteiger partial charge in [-0.1, -0.05) is 0 Å². The molecule has 72 valence electrons. The number of hydrogen-bond donors (Lipinski definition) is 2. The number of carbonyl (C=O) groups excluding carboxylic acids is 1. The Kier molecular flexibility index (Phi) is 4.19. The molecule has 1 amide bonds. The second kappa shape index (κ2) is 4.42. The predicted octanol–water partition coefficient (Wildman–Crippen LogP) is -1.38. The van der Waals surface area contributed by atoms with Gasteiger partial charge in [-0.25, -0.2) is 8.42 Å². The monoisotopic (exact) mass is 194 g/mol. The molecule has 0 aromatic heterocycles. The zero-order valence-electron chi connectivity index (χ0n) is 6.99. The molecule has 0 rings (SSSR count). The van der Waals surface area contributed by atoms with E-state index in [0.717, 1.165) is 0 Å². The number of carbonyl (C=O) groups is 1. The first-order chi connectivity index (χ1) is 5.40. The molecule has 0 aliphatic rings. The second-order valence-electron chi connectivity index (χ2n) is 2.66. The fourth-order valence-corrected chi connectivity index (χ4v) is 1.93. The van der Waals surface area contributed by atoms with Gasteiger partial charge >= 0.3 is 0 Å². The molecule has 0 aliphatic carbocycles. The van der Waals surface area contributed by atoms with Crippen LogP contribution in [0.5, 0.6) is 0 Å². The lowest BCUT2D eigenvalue weighted by Crippen LogP contribution is -2.31. The predicted molar refractivity (Wildman–Crippen MR) is 46.1 cm³/mol. The first-order valence-electron chi connectivity index (χ1n) is 3.60. The van der Waals surface area contributed by atoms with E-state index in [1.54, 1.807) is 0 Å². The van der Waals surface area contributed by atoms with E-state index in [1.165, 1.54) is 6.92 Å². The molecule has 0 heterocycles. The van der Waals surface area contributed by atoms with Gasteiger partial charge in [0, 0.05) is 0 Å². The van der Waals surface area contributed by atoms with Crippen LogP contribution in [0.15, 0.2) is 0 Å². The normalized spacial score (nSPS) is 14.2. The van der Waals surface area contributed by atoms with Crippen molar-refractivity contribution >= 4 is 15.7 Å². The molecule has 0 saturated heterocycles. The molecule has 0 spiro atoms. The topological polar surface area (TPSA) is 103 Å². The molecule has 0 bridgehead atoms. The first kappa shape index (κ1) is 11.4. The van der Waals surface area contributed by atoms with Gasteiger partial charge in [0.15, 0.2) is 9.84 Å². The summed E-state index contributed by atoms with van der Waals surface area (Å²) in [5, 5.41) is -0.588. The number of nitrogens with two attached hydrogens (primary N) is 2. The summed E-state index contributed by atoms with van der Waals surface area (Å²) < 4.78 is 22.3. The van der Waals surface area contributed by atoms with Crippen LogP contribution in [0.3, 0.4) is 0 Å². The fraction of sp³-hybridized carbons (Fsp3) is 0.833. The summed E-state index contributed by atoms with van der Waals surface area (Å²) in [6.07, 6.45) is 0.357. The Morgan fingerprint density at radius 3 is 2.33 bits per heavy atom. The van der Waals surface area contributed by atoms with Crippen LogP contribution < -0.4 is 11.5 Å². The van der Waals surface area contributed by atoms with Gasteiger partial charge in [-0.2, -0.15) is 0 Å². The van der Waals surface area contributed by atoms with Crippen LogP contribution in [0, 0.1) is 0 Å². The molecule has 0 saturated carbocycles. The summed E-state index contributed by atoms with van der Waals surface area (Å²) in [6, 6.07) is 0. The van der Waals surface area contributed by atoms with Gasteiger partial charge in [0.2, 0.25) is 5.91 Å². The summed E-state index contributed by atoms with van der Waals surface area (Å²) >= 11 is 0. The van der Waals surface area contributed by atoms with Crippen LogP contribution in [0.2, 0.25) is 0 Å². The van der Waals surface area contributed by atoms with E-state index in [2.05, 4.69) is 0 Å². The first-order valence-corrected chi connectivity index (χ1v) is 5.31. The minimum Gasteiger partial charge on any atom is -0.369 e. The van der Waals surface area contributed by atoms with E-state index in [0.29, 0.717) is 13.0 Å². The summed E-state index contributed by atoms with van der Waals surface area (Å²) in [5.41, 5.74) is 9.94. The third-order valence-corrected chi connectivity index (χ3v) is 3.68. The van der Waals surface area contributed by atoms with Crippen LogP contribution in [-0.4, -0.2) is 31.9 Å². The van der Waals surface area contributed by atoms with Crippen molar-refractivity contribution in [3.8, 4) is 0 Å². The largest absolute Gasteiger partial charge is 0.369 e. The smallest absolute Gasteiger partial charge is 0.232 e. The highest BCUT2D eigenvalue weighted by Gasteiger charge is 2.21. The van der Waals surface area contributed by atoms with E-state index in [4.69, 9.17) is 11.5 Å². The van der Waals surface area contributed by atoms with E-state index in [-0.39, 0.29) is 0 Å². The fourth-order valence-electron chi connectivity index (χ4n) is 0.755. The number of sulfone groups is 1. The van der Waals surface area contributed by atoms with Crippen LogP contribution in [0.1, 0.15) is 13.3 Å². The van der Waals surface area contributed by atoms with Crippen LogP contribution in [0.25, 0.3) is 0 Å². The summed E-state index contributed by atoms with van der Waals surface area (Å²) in [4.78, 5) is 10.3. The molecule has 0 fully saturated rings. The zero-order valence-corrected chi connectivity index (χ0v) is 7.80. The van der Waals surface area contributed by atoms with Crippen LogP contribution in [-0.2, 0) is 14.6 Å². The van der Waals surface area contributed by atoms with Gasteiger partial charge in [-0.05, 0) is 19.9 Å². The van der Waals surface area contributed by atoms with Crippen molar-refractivity contribution in [2.45, 2.75) is 18.6 Å². The molecular formula is C6H14N2O3S. The second-order valence-corrected chi connectivity index (χ2v) is 5.08.